The fourth-order valence-corrected chi connectivity index (χ4v) is 4.61. The number of amides is 2. The molecule has 0 aromatic heterocycles. The van der Waals surface area contributed by atoms with Gasteiger partial charge in [-0.15, -0.1) is 0 Å². The number of carbonyl (C=O) groups is 2. The number of nitrogens with one attached hydrogen (secondary N) is 3. The Morgan fingerprint density at radius 1 is 1.13 bits per heavy atom. The number of carbonyl (C=O) groups excluding carboxylic acids is 2. The van der Waals surface area contributed by atoms with Gasteiger partial charge in [-0.3, -0.25) is 20.4 Å². The molecule has 1 saturated heterocycles. The highest BCUT2D eigenvalue weighted by Crippen LogP contribution is 2.23. The van der Waals surface area contributed by atoms with E-state index in [9.17, 15) is 18.0 Å². The third-order valence-electron chi connectivity index (χ3n) is 4.69. The van der Waals surface area contributed by atoms with Crippen LogP contribution in [0.15, 0.2) is 47.4 Å². The number of ether oxygens (including phenoxy) is 1. The molecule has 160 valence electrons. The second-order valence-corrected chi connectivity index (χ2v) is 9.00. The molecule has 0 bridgehead atoms. The molecular weight excluding hydrogens is 430 g/mol. The lowest BCUT2D eigenvalue weighted by Gasteiger charge is -2.13. The van der Waals surface area contributed by atoms with Gasteiger partial charge in [-0.2, -0.15) is 0 Å². The van der Waals surface area contributed by atoms with Crippen LogP contribution in [0.5, 0.6) is 0 Å². The van der Waals surface area contributed by atoms with E-state index in [0.29, 0.717) is 12.2 Å². The summed E-state index contributed by atoms with van der Waals surface area (Å²) in [6, 6.07) is 10.8. The molecule has 0 saturated carbocycles. The van der Waals surface area contributed by atoms with Crippen LogP contribution in [0.25, 0.3) is 0 Å². The molecule has 2 aromatic carbocycles. The Morgan fingerprint density at radius 3 is 2.57 bits per heavy atom. The van der Waals surface area contributed by atoms with Crippen molar-refractivity contribution in [1.82, 2.24) is 15.6 Å². The molecule has 2 aromatic rings. The van der Waals surface area contributed by atoms with Crippen molar-refractivity contribution in [3.8, 4) is 0 Å². The van der Waals surface area contributed by atoms with E-state index in [0.717, 1.165) is 24.5 Å². The highest BCUT2D eigenvalue weighted by Gasteiger charge is 2.23. The van der Waals surface area contributed by atoms with Crippen LogP contribution in [0.2, 0.25) is 5.02 Å². The van der Waals surface area contributed by atoms with Gasteiger partial charge in [0.05, 0.1) is 11.1 Å². The van der Waals surface area contributed by atoms with Crippen molar-refractivity contribution in [1.29, 1.82) is 0 Å². The normalized spacial score (nSPS) is 16.3. The Labute approximate surface area is 180 Å². The molecule has 1 atom stereocenters. The summed E-state index contributed by atoms with van der Waals surface area (Å²) in [4.78, 5) is 24.4. The first kappa shape index (κ1) is 22.2. The number of hydrogen-bond acceptors (Lipinski definition) is 5. The summed E-state index contributed by atoms with van der Waals surface area (Å²) >= 11 is 6.05. The Morgan fingerprint density at radius 2 is 1.87 bits per heavy atom. The first-order chi connectivity index (χ1) is 14.3. The van der Waals surface area contributed by atoms with Crippen LogP contribution in [0, 0.1) is 6.92 Å². The van der Waals surface area contributed by atoms with Crippen molar-refractivity contribution < 1.29 is 22.7 Å². The van der Waals surface area contributed by atoms with E-state index in [4.69, 9.17) is 16.3 Å². The summed E-state index contributed by atoms with van der Waals surface area (Å²) in [5.41, 5.74) is 5.80. The first-order valence-corrected chi connectivity index (χ1v) is 11.2. The van der Waals surface area contributed by atoms with Gasteiger partial charge in [-0.05, 0) is 49.6 Å². The van der Waals surface area contributed by atoms with Crippen LogP contribution in [0.1, 0.15) is 39.1 Å². The Balaban J connectivity index is 1.68. The quantitative estimate of drug-likeness (QED) is 0.582. The van der Waals surface area contributed by atoms with Gasteiger partial charge >= 0.3 is 0 Å². The van der Waals surface area contributed by atoms with E-state index in [1.165, 1.54) is 12.1 Å². The Kier molecular flexibility index (Phi) is 7.09. The number of hydrogen-bond donors (Lipinski definition) is 3. The maximum absolute atomic E-state index is 12.6. The summed E-state index contributed by atoms with van der Waals surface area (Å²) in [5.74, 6) is -1.16. The maximum atomic E-state index is 12.6. The molecule has 0 aliphatic carbocycles. The Bertz CT molecular complexity index is 1050. The van der Waals surface area contributed by atoms with Gasteiger partial charge in [0, 0.05) is 24.3 Å². The molecule has 2 amide bonds. The summed E-state index contributed by atoms with van der Waals surface area (Å²) in [7, 11) is -3.94. The van der Waals surface area contributed by atoms with Crippen molar-refractivity contribution in [2.24, 2.45) is 0 Å². The molecule has 3 rings (SSSR count). The summed E-state index contributed by atoms with van der Waals surface area (Å²) in [6.45, 7) is 2.51. The van der Waals surface area contributed by atoms with E-state index in [1.807, 2.05) is 0 Å². The fourth-order valence-electron chi connectivity index (χ4n) is 3.02. The minimum atomic E-state index is -3.94. The number of benzene rings is 2. The fraction of sp³-hybridized carbons (Fsp3) is 0.300. The predicted octanol–water partition coefficient (Wildman–Crippen LogP) is 2.18. The number of rotatable bonds is 6. The minimum absolute atomic E-state index is 0.0182. The van der Waals surface area contributed by atoms with Crippen LogP contribution in [-0.2, 0) is 14.8 Å². The molecule has 0 radical (unpaired) electrons. The van der Waals surface area contributed by atoms with Crippen molar-refractivity contribution in [3.63, 3.8) is 0 Å². The molecule has 1 unspecified atom stereocenters. The lowest BCUT2D eigenvalue weighted by molar-refractivity contribution is 0.0846. The molecule has 1 aliphatic heterocycles. The predicted molar refractivity (Wildman–Crippen MR) is 112 cm³/mol. The Hall–Kier alpha value is -2.46. The van der Waals surface area contributed by atoms with Gasteiger partial charge < -0.3 is 4.74 Å². The molecule has 1 heterocycles. The number of hydrazine groups is 1. The molecule has 3 N–H and O–H groups in total. The van der Waals surface area contributed by atoms with Gasteiger partial charge in [-0.1, -0.05) is 29.8 Å². The van der Waals surface area contributed by atoms with E-state index in [1.54, 1.807) is 31.2 Å². The zero-order valence-corrected chi connectivity index (χ0v) is 17.8. The van der Waals surface area contributed by atoms with Crippen LogP contribution in [0.4, 0.5) is 0 Å². The van der Waals surface area contributed by atoms with Crippen LogP contribution < -0.4 is 15.6 Å². The maximum Gasteiger partial charge on any atom is 0.269 e. The van der Waals surface area contributed by atoms with Gasteiger partial charge in [0.25, 0.3) is 11.8 Å². The van der Waals surface area contributed by atoms with Crippen molar-refractivity contribution in [2.75, 3.05) is 13.2 Å². The molecule has 30 heavy (non-hydrogen) atoms. The molecule has 1 aliphatic rings. The first-order valence-electron chi connectivity index (χ1n) is 9.35. The smallest absolute Gasteiger partial charge is 0.269 e. The van der Waals surface area contributed by atoms with Crippen molar-refractivity contribution >= 4 is 33.4 Å². The average molecular weight is 452 g/mol. The molecule has 8 nitrogen and oxygen atoms in total. The average Bonchev–Trinajstić information content (AvgIpc) is 3.24. The topological polar surface area (TPSA) is 114 Å². The molecular formula is C20H22ClN3O5S. The van der Waals surface area contributed by atoms with Gasteiger partial charge in [-0.25, -0.2) is 13.1 Å². The lowest BCUT2D eigenvalue weighted by atomic mass is 10.1. The largest absolute Gasteiger partial charge is 0.377 e. The summed E-state index contributed by atoms with van der Waals surface area (Å²) < 4.78 is 33.1. The van der Waals surface area contributed by atoms with E-state index in [2.05, 4.69) is 15.6 Å². The number of aryl methyl sites for hydroxylation is 1. The minimum Gasteiger partial charge on any atom is -0.377 e. The van der Waals surface area contributed by atoms with Gasteiger partial charge in [0.1, 0.15) is 4.90 Å². The van der Waals surface area contributed by atoms with Crippen LogP contribution in [-0.4, -0.2) is 39.5 Å². The zero-order valence-electron chi connectivity index (χ0n) is 16.3. The molecule has 1 fully saturated rings. The highest BCUT2D eigenvalue weighted by atomic mass is 35.5. The summed E-state index contributed by atoms with van der Waals surface area (Å²) in [5, 5.41) is -0.0182. The van der Waals surface area contributed by atoms with Crippen LogP contribution in [0.3, 0.4) is 0 Å². The van der Waals surface area contributed by atoms with Gasteiger partial charge in [0.15, 0.2) is 0 Å². The number of sulfonamides is 1. The third kappa shape index (κ3) is 5.37. The zero-order chi connectivity index (χ0) is 21.7. The van der Waals surface area contributed by atoms with Crippen LogP contribution >= 0.6 is 11.6 Å². The number of halogens is 1. The standard InChI is InChI=1S/C20H22ClN3O5S/c1-13-5-2-3-7-16(13)20(26)24-23-19(25)14-8-9-17(21)18(11-14)30(27,28)22-12-15-6-4-10-29-15/h2-3,5,7-9,11,15,22H,4,6,10,12H2,1H3,(H,23,25)(H,24,26). The molecule has 10 heteroatoms. The second kappa shape index (κ2) is 9.57. The second-order valence-electron chi connectivity index (χ2n) is 6.86. The van der Waals surface area contributed by atoms with Crippen molar-refractivity contribution in [3.05, 3.63) is 64.2 Å². The van der Waals surface area contributed by atoms with Gasteiger partial charge in [0.2, 0.25) is 10.0 Å². The van der Waals surface area contributed by atoms with E-state index >= 15 is 0 Å². The third-order valence-corrected chi connectivity index (χ3v) is 6.59. The molecule has 0 spiro atoms. The van der Waals surface area contributed by atoms with E-state index in [-0.39, 0.29) is 28.1 Å². The van der Waals surface area contributed by atoms with E-state index < -0.39 is 21.8 Å². The van der Waals surface area contributed by atoms with Crippen molar-refractivity contribution in [2.45, 2.75) is 30.8 Å². The monoisotopic (exact) mass is 451 g/mol. The summed E-state index contributed by atoms with van der Waals surface area (Å²) in [6.07, 6.45) is 1.48. The SMILES string of the molecule is Cc1ccccc1C(=O)NNC(=O)c1ccc(Cl)c(S(=O)(=O)NCC2CCCO2)c1. The lowest BCUT2D eigenvalue weighted by Crippen LogP contribution is -2.42. The highest BCUT2D eigenvalue weighted by molar-refractivity contribution is 7.89.